The molecule has 10 heteroatoms. The number of aryl methyl sites for hydroxylation is 1. The Bertz CT molecular complexity index is 1190. The van der Waals surface area contributed by atoms with Crippen LogP contribution in [0.3, 0.4) is 0 Å². The van der Waals surface area contributed by atoms with E-state index >= 15 is 0 Å². The van der Waals surface area contributed by atoms with Crippen molar-refractivity contribution in [1.82, 2.24) is 15.2 Å². The summed E-state index contributed by atoms with van der Waals surface area (Å²) in [6, 6.07) is 10.7. The first-order valence-electron chi connectivity index (χ1n) is 10.9. The van der Waals surface area contributed by atoms with Crippen LogP contribution in [0, 0.1) is 0 Å². The fraction of sp³-hybridized carbons (Fsp3) is 0.333. The fourth-order valence-electron chi connectivity index (χ4n) is 3.78. The molecule has 4 rings (SSSR count). The van der Waals surface area contributed by atoms with Crippen LogP contribution in [-0.2, 0) is 16.0 Å². The third-order valence-electron chi connectivity index (χ3n) is 5.45. The number of carbonyl (C=O) groups excluding carboxylic acids is 2. The molecule has 34 heavy (non-hydrogen) atoms. The van der Waals surface area contributed by atoms with Crippen molar-refractivity contribution in [3.63, 3.8) is 0 Å². The molecule has 3 aromatic rings. The number of hydrogen-bond acceptors (Lipinski definition) is 8. The van der Waals surface area contributed by atoms with E-state index in [1.807, 2.05) is 36.6 Å². The van der Waals surface area contributed by atoms with Crippen LogP contribution in [0.4, 0.5) is 0 Å². The van der Waals surface area contributed by atoms with E-state index in [-0.39, 0.29) is 11.7 Å². The number of benzene rings is 1. The number of hydrogen-bond donors (Lipinski definition) is 1. The highest BCUT2D eigenvalue weighted by atomic mass is 32.1. The second kappa shape index (κ2) is 10.5. The van der Waals surface area contributed by atoms with Crippen molar-refractivity contribution in [3.05, 3.63) is 63.6 Å². The summed E-state index contributed by atoms with van der Waals surface area (Å²) in [5.74, 6) is 0.0713. The number of rotatable bonds is 9. The molecule has 0 radical (unpaired) electrons. The van der Waals surface area contributed by atoms with E-state index in [9.17, 15) is 9.59 Å². The number of carbonyl (C=O) groups is 2. The Morgan fingerprint density at radius 2 is 2.00 bits per heavy atom. The molecule has 0 fully saturated rings. The van der Waals surface area contributed by atoms with Gasteiger partial charge in [-0.25, -0.2) is 9.80 Å². The van der Waals surface area contributed by atoms with E-state index in [0.29, 0.717) is 17.9 Å². The van der Waals surface area contributed by atoms with E-state index in [1.165, 1.54) is 5.01 Å². The van der Waals surface area contributed by atoms with Crippen LogP contribution in [0.2, 0.25) is 0 Å². The van der Waals surface area contributed by atoms with Crippen LogP contribution in [0.5, 0.6) is 11.5 Å². The summed E-state index contributed by atoms with van der Waals surface area (Å²) in [5.41, 5.74) is 2.63. The topological polar surface area (TPSA) is 106 Å². The van der Waals surface area contributed by atoms with E-state index in [4.69, 9.17) is 14.2 Å². The maximum absolute atomic E-state index is 13.1. The van der Waals surface area contributed by atoms with Crippen molar-refractivity contribution >= 4 is 28.9 Å². The van der Waals surface area contributed by atoms with Crippen molar-refractivity contribution in [2.24, 2.45) is 5.10 Å². The van der Waals surface area contributed by atoms with E-state index in [1.54, 1.807) is 37.7 Å². The first-order chi connectivity index (χ1) is 16.5. The number of H-pyrrole nitrogens is 1. The summed E-state index contributed by atoms with van der Waals surface area (Å²) >= 11 is 1.56. The molecule has 9 nitrogen and oxygen atoms in total. The standard InChI is InChI=1S/C24H26N4O5S/c1-4-6-16-12-18(26-25-16)24(30)33-14-23(29)28-19(13-17(27-28)22-7-5-10-34-22)15-8-9-20(31-2)21(11-15)32-3/h5,7-12,19H,4,6,13-14H2,1-3H3,(H,25,26). The first kappa shape index (κ1) is 23.5. The van der Waals surface area contributed by atoms with Crippen molar-refractivity contribution in [2.45, 2.75) is 32.2 Å². The molecule has 0 bridgehead atoms. The highest BCUT2D eigenvalue weighted by Gasteiger charge is 2.34. The fourth-order valence-corrected chi connectivity index (χ4v) is 4.50. The summed E-state index contributed by atoms with van der Waals surface area (Å²) in [4.78, 5) is 26.5. The van der Waals surface area contributed by atoms with Gasteiger partial charge in [0.25, 0.3) is 5.91 Å². The molecule has 0 saturated heterocycles. The van der Waals surface area contributed by atoms with Crippen LogP contribution < -0.4 is 9.47 Å². The number of nitrogens with zero attached hydrogens (tertiary/aromatic N) is 3. The molecule has 1 aromatic carbocycles. The van der Waals surface area contributed by atoms with Gasteiger partial charge < -0.3 is 14.2 Å². The molecule has 2 aromatic heterocycles. The minimum atomic E-state index is -0.656. The Labute approximate surface area is 201 Å². The number of aromatic amines is 1. The number of amides is 1. The highest BCUT2D eigenvalue weighted by Crippen LogP contribution is 2.37. The Morgan fingerprint density at radius 3 is 2.71 bits per heavy atom. The highest BCUT2D eigenvalue weighted by molar-refractivity contribution is 7.12. The maximum Gasteiger partial charge on any atom is 0.359 e. The summed E-state index contributed by atoms with van der Waals surface area (Å²) in [5, 5.41) is 14.7. The average Bonchev–Trinajstić information content (AvgIpc) is 3.62. The number of thiophene rings is 1. The molecule has 1 atom stereocenters. The Hall–Kier alpha value is -3.66. The van der Waals surface area contributed by atoms with Crippen molar-refractivity contribution in [1.29, 1.82) is 0 Å². The minimum absolute atomic E-state index is 0.150. The third-order valence-corrected chi connectivity index (χ3v) is 6.37. The molecule has 3 heterocycles. The largest absolute Gasteiger partial charge is 0.493 e. The lowest BCUT2D eigenvalue weighted by atomic mass is 10.0. The van der Waals surface area contributed by atoms with Crippen LogP contribution >= 0.6 is 11.3 Å². The van der Waals surface area contributed by atoms with E-state index in [0.717, 1.165) is 34.7 Å². The Balaban J connectivity index is 1.53. The predicted octanol–water partition coefficient (Wildman–Crippen LogP) is 3.98. The van der Waals surface area contributed by atoms with Crippen molar-refractivity contribution in [3.8, 4) is 11.5 Å². The SMILES string of the molecule is CCCc1cc(C(=O)OCC(=O)N2N=C(c3cccs3)CC2c2ccc(OC)c(OC)c2)n[nH]1. The van der Waals surface area contributed by atoms with Gasteiger partial charge >= 0.3 is 5.97 Å². The molecule has 0 aliphatic carbocycles. The Kier molecular flexibility index (Phi) is 7.27. The molecule has 0 saturated carbocycles. The smallest absolute Gasteiger partial charge is 0.359 e. The zero-order valence-electron chi connectivity index (χ0n) is 19.2. The summed E-state index contributed by atoms with van der Waals surface area (Å²) in [6.45, 7) is 1.59. The Morgan fingerprint density at radius 1 is 1.18 bits per heavy atom. The summed E-state index contributed by atoms with van der Waals surface area (Å²) < 4.78 is 16.0. The van der Waals surface area contributed by atoms with Crippen LogP contribution in [-0.4, -0.2) is 53.6 Å². The van der Waals surface area contributed by atoms with E-state index < -0.39 is 18.5 Å². The van der Waals surface area contributed by atoms with Gasteiger partial charge in [-0.05, 0) is 41.6 Å². The van der Waals surface area contributed by atoms with Gasteiger partial charge in [0.15, 0.2) is 23.8 Å². The molecular weight excluding hydrogens is 456 g/mol. The van der Waals surface area contributed by atoms with Crippen molar-refractivity contribution < 1.29 is 23.8 Å². The molecule has 1 aliphatic rings. The van der Waals surface area contributed by atoms with Gasteiger partial charge in [-0.1, -0.05) is 25.5 Å². The quantitative estimate of drug-likeness (QED) is 0.463. The molecular formula is C24H26N4O5S. The van der Waals surface area contributed by atoms with E-state index in [2.05, 4.69) is 15.3 Å². The molecule has 1 amide bonds. The van der Waals surface area contributed by atoms with Gasteiger partial charge in [-0.15, -0.1) is 11.3 Å². The van der Waals surface area contributed by atoms with Gasteiger partial charge in [-0.2, -0.15) is 10.2 Å². The summed E-state index contributed by atoms with van der Waals surface area (Å²) in [7, 11) is 3.13. The first-order valence-corrected chi connectivity index (χ1v) is 11.8. The van der Waals surface area contributed by atoms with Crippen molar-refractivity contribution in [2.75, 3.05) is 20.8 Å². The number of ether oxygens (including phenoxy) is 3. The predicted molar refractivity (Wildman–Crippen MR) is 127 cm³/mol. The van der Waals surface area contributed by atoms with Crippen LogP contribution in [0.25, 0.3) is 0 Å². The van der Waals surface area contributed by atoms with Gasteiger partial charge in [0.1, 0.15) is 0 Å². The van der Waals surface area contributed by atoms with Gasteiger partial charge in [0.05, 0.1) is 30.9 Å². The lowest BCUT2D eigenvalue weighted by Crippen LogP contribution is -2.31. The summed E-state index contributed by atoms with van der Waals surface area (Å²) in [6.07, 6.45) is 2.22. The normalized spacial score (nSPS) is 15.2. The lowest BCUT2D eigenvalue weighted by molar-refractivity contribution is -0.136. The van der Waals surface area contributed by atoms with Gasteiger partial charge in [0, 0.05) is 12.1 Å². The third kappa shape index (κ3) is 4.96. The zero-order chi connectivity index (χ0) is 24.1. The number of aromatic nitrogens is 2. The number of esters is 1. The zero-order valence-corrected chi connectivity index (χ0v) is 20.1. The molecule has 178 valence electrons. The lowest BCUT2D eigenvalue weighted by Gasteiger charge is -2.22. The minimum Gasteiger partial charge on any atom is -0.493 e. The van der Waals surface area contributed by atoms with Crippen LogP contribution in [0.1, 0.15) is 52.4 Å². The number of nitrogens with one attached hydrogen (secondary N) is 1. The molecule has 1 N–H and O–H groups in total. The van der Waals surface area contributed by atoms with Gasteiger partial charge in [0.2, 0.25) is 0 Å². The second-order valence-corrected chi connectivity index (χ2v) is 8.65. The molecule has 1 unspecified atom stereocenters. The maximum atomic E-state index is 13.1. The van der Waals surface area contributed by atoms with Gasteiger partial charge in [-0.3, -0.25) is 9.89 Å². The number of methoxy groups -OCH3 is 2. The molecule has 1 aliphatic heterocycles. The second-order valence-electron chi connectivity index (χ2n) is 7.70. The average molecular weight is 483 g/mol. The monoisotopic (exact) mass is 482 g/mol. The molecule has 0 spiro atoms. The number of hydrazone groups is 1. The van der Waals surface area contributed by atoms with Crippen LogP contribution in [0.15, 0.2) is 46.9 Å².